The van der Waals surface area contributed by atoms with Gasteiger partial charge in [-0.15, -0.1) is 6.42 Å². The summed E-state index contributed by atoms with van der Waals surface area (Å²) in [5, 5.41) is 0. The Morgan fingerprint density at radius 1 is 1.10 bits per heavy atom. The van der Waals surface area contributed by atoms with Crippen molar-refractivity contribution in [2.45, 2.75) is 45.4 Å². The second-order valence-corrected chi connectivity index (χ2v) is 7.31. The van der Waals surface area contributed by atoms with E-state index in [9.17, 15) is 9.46 Å². The average Bonchev–Trinajstić information content (AvgIpc) is 2.37. The molecule has 1 atom stereocenters. The minimum absolute atomic E-state index is 0.0892. The number of quaternary nitrogens is 1. The van der Waals surface area contributed by atoms with Crippen molar-refractivity contribution in [1.29, 1.82) is 0 Å². The van der Waals surface area contributed by atoms with Crippen LogP contribution in [0.3, 0.4) is 0 Å². The lowest BCUT2D eigenvalue weighted by molar-refractivity contribution is -0.883. The van der Waals surface area contributed by atoms with Gasteiger partial charge < -0.3 is 18.4 Å². The molecule has 0 rings (SSSR count). The van der Waals surface area contributed by atoms with Crippen molar-refractivity contribution in [3.8, 4) is 12.3 Å². The highest BCUT2D eigenvalue weighted by atomic mass is 31.2. The average molecular weight is 319 g/mol. The molecule has 1 unspecified atom stereocenters. The molecule has 0 amide bonds. The fraction of sp³-hybridized carbons (Fsp3) is 0.867. The molecule has 0 heterocycles. The number of hydrogen-bond donors (Lipinski definition) is 0. The van der Waals surface area contributed by atoms with Gasteiger partial charge in [0.05, 0.1) is 20.7 Å². The Balaban J connectivity index is 3.70. The lowest BCUT2D eigenvalue weighted by Gasteiger charge is -2.29. The molecule has 0 aliphatic carbocycles. The van der Waals surface area contributed by atoms with Gasteiger partial charge in [-0.25, -0.2) is 0 Å². The van der Waals surface area contributed by atoms with E-state index in [0.717, 1.165) is 19.3 Å². The monoisotopic (exact) mass is 319 g/mol. The van der Waals surface area contributed by atoms with Crippen molar-refractivity contribution < 1.29 is 23.0 Å². The summed E-state index contributed by atoms with van der Waals surface area (Å²) in [6.45, 7) is 3.52. The van der Waals surface area contributed by atoms with Crippen molar-refractivity contribution in [2.24, 2.45) is 0 Å². The second-order valence-electron chi connectivity index (χ2n) is 5.90. The van der Waals surface area contributed by atoms with Crippen LogP contribution >= 0.6 is 7.82 Å². The molecule has 5 nitrogen and oxygen atoms in total. The maximum Gasteiger partial charge on any atom is 0.268 e. The van der Waals surface area contributed by atoms with E-state index in [-0.39, 0.29) is 13.2 Å². The molecular formula is C15H30NO4P. The molecule has 0 aliphatic rings. The first kappa shape index (κ1) is 20.6. The molecule has 0 aromatic carbocycles. The van der Waals surface area contributed by atoms with Crippen LogP contribution in [0.25, 0.3) is 0 Å². The lowest BCUT2D eigenvalue weighted by atomic mass is 10.1. The number of unbranched alkanes of at least 4 members (excludes halogenated alkanes) is 5. The maximum atomic E-state index is 11.5. The standard InChI is InChI=1S/C15H30NO4P/c1-5-7-8-9-10-11-14-19-21(17,18)20-15-13-16(3,4)12-6-2/h2H,5,7-15H2,1,3-4H3. The summed E-state index contributed by atoms with van der Waals surface area (Å²) >= 11 is 0. The quantitative estimate of drug-likeness (QED) is 0.227. The summed E-state index contributed by atoms with van der Waals surface area (Å²) in [7, 11) is -0.317. The minimum Gasteiger partial charge on any atom is -0.756 e. The number of phosphoric ester groups is 1. The molecule has 0 aliphatic heterocycles. The molecule has 0 aromatic rings. The summed E-state index contributed by atoms with van der Waals surface area (Å²) in [5.74, 6) is 2.56. The van der Waals surface area contributed by atoms with Crippen LogP contribution in [0.4, 0.5) is 0 Å². The van der Waals surface area contributed by atoms with Crippen LogP contribution < -0.4 is 4.89 Å². The van der Waals surface area contributed by atoms with Crippen LogP contribution in [0.1, 0.15) is 45.4 Å². The van der Waals surface area contributed by atoms with Crippen LogP contribution in [-0.4, -0.2) is 44.9 Å². The third kappa shape index (κ3) is 13.0. The van der Waals surface area contributed by atoms with Crippen LogP contribution in [0.15, 0.2) is 0 Å². The first-order valence-electron chi connectivity index (χ1n) is 7.68. The van der Waals surface area contributed by atoms with E-state index in [1.165, 1.54) is 19.3 Å². The second kappa shape index (κ2) is 11.2. The molecule has 0 bridgehead atoms. The van der Waals surface area contributed by atoms with E-state index in [0.29, 0.717) is 17.6 Å². The zero-order valence-electron chi connectivity index (χ0n) is 13.7. The summed E-state index contributed by atoms with van der Waals surface area (Å²) in [6, 6.07) is 0. The Hall–Kier alpha value is -0.370. The molecule has 0 saturated carbocycles. The normalized spacial score (nSPS) is 14.6. The minimum atomic E-state index is -4.17. The lowest BCUT2D eigenvalue weighted by Crippen LogP contribution is -2.42. The van der Waals surface area contributed by atoms with Gasteiger partial charge in [-0.05, 0) is 12.3 Å². The van der Waals surface area contributed by atoms with E-state index < -0.39 is 7.82 Å². The fourth-order valence-electron chi connectivity index (χ4n) is 1.82. The van der Waals surface area contributed by atoms with E-state index >= 15 is 0 Å². The number of terminal acetylenes is 1. The molecule has 6 heteroatoms. The van der Waals surface area contributed by atoms with E-state index in [1.807, 2.05) is 14.1 Å². The van der Waals surface area contributed by atoms with Gasteiger partial charge in [0.2, 0.25) is 0 Å². The van der Waals surface area contributed by atoms with Crippen molar-refractivity contribution in [2.75, 3.05) is 40.4 Å². The Labute approximate surface area is 129 Å². The molecule has 124 valence electrons. The highest BCUT2D eigenvalue weighted by molar-refractivity contribution is 7.45. The van der Waals surface area contributed by atoms with Crippen LogP contribution in [0, 0.1) is 12.3 Å². The van der Waals surface area contributed by atoms with Gasteiger partial charge in [0.25, 0.3) is 7.82 Å². The van der Waals surface area contributed by atoms with Gasteiger partial charge in [0, 0.05) is 0 Å². The number of rotatable bonds is 13. The molecule has 0 aromatic heterocycles. The van der Waals surface area contributed by atoms with Crippen molar-refractivity contribution in [3.63, 3.8) is 0 Å². The van der Waals surface area contributed by atoms with Gasteiger partial charge in [-0.1, -0.05) is 39.0 Å². The topological polar surface area (TPSA) is 58.6 Å². The van der Waals surface area contributed by atoms with E-state index in [4.69, 9.17) is 15.5 Å². The summed E-state index contributed by atoms with van der Waals surface area (Å²) in [6.07, 6.45) is 11.7. The predicted molar refractivity (Wildman–Crippen MR) is 83.6 cm³/mol. The smallest absolute Gasteiger partial charge is 0.268 e. The fourth-order valence-corrected chi connectivity index (χ4v) is 2.55. The number of likely N-dealkylation sites (N-methyl/N-ethyl adjacent to an activating group) is 1. The van der Waals surface area contributed by atoms with Crippen molar-refractivity contribution in [1.82, 2.24) is 0 Å². The Morgan fingerprint density at radius 3 is 2.29 bits per heavy atom. The molecule has 0 saturated heterocycles. The molecule has 0 spiro atoms. The molecule has 0 fully saturated rings. The first-order chi connectivity index (χ1) is 9.83. The predicted octanol–water partition coefficient (Wildman–Crippen LogP) is 2.56. The first-order valence-corrected chi connectivity index (χ1v) is 9.14. The van der Waals surface area contributed by atoms with Crippen LogP contribution in [0.2, 0.25) is 0 Å². The molecular weight excluding hydrogens is 289 g/mol. The third-order valence-corrected chi connectivity index (χ3v) is 4.21. The Kier molecular flexibility index (Phi) is 11.0. The number of hydrogen-bond acceptors (Lipinski definition) is 4. The molecule has 0 N–H and O–H groups in total. The number of nitrogens with zero attached hydrogens (tertiary/aromatic N) is 1. The van der Waals surface area contributed by atoms with E-state index in [1.54, 1.807) is 0 Å². The maximum absolute atomic E-state index is 11.5. The van der Waals surface area contributed by atoms with Gasteiger partial charge in [-0.2, -0.15) is 0 Å². The summed E-state index contributed by atoms with van der Waals surface area (Å²) in [4.78, 5) is 11.5. The summed E-state index contributed by atoms with van der Waals surface area (Å²) in [5.41, 5.74) is 0. The SMILES string of the molecule is C#CC[N+](C)(C)CCOP(=O)([O-])OCCCCCCCC. The summed E-state index contributed by atoms with van der Waals surface area (Å²) < 4.78 is 21.8. The van der Waals surface area contributed by atoms with Gasteiger partial charge in [0.15, 0.2) is 0 Å². The Morgan fingerprint density at radius 2 is 1.67 bits per heavy atom. The van der Waals surface area contributed by atoms with Crippen molar-refractivity contribution >= 4 is 7.82 Å². The molecule has 21 heavy (non-hydrogen) atoms. The van der Waals surface area contributed by atoms with Gasteiger partial charge >= 0.3 is 0 Å². The highest BCUT2D eigenvalue weighted by Gasteiger charge is 2.16. The van der Waals surface area contributed by atoms with Crippen LogP contribution in [-0.2, 0) is 13.6 Å². The zero-order chi connectivity index (χ0) is 16.2. The zero-order valence-corrected chi connectivity index (χ0v) is 14.6. The largest absolute Gasteiger partial charge is 0.756 e. The van der Waals surface area contributed by atoms with Crippen molar-refractivity contribution in [3.05, 3.63) is 0 Å². The van der Waals surface area contributed by atoms with Gasteiger partial charge in [0.1, 0.15) is 19.7 Å². The van der Waals surface area contributed by atoms with E-state index in [2.05, 4.69) is 12.8 Å². The third-order valence-electron chi connectivity index (χ3n) is 3.21. The van der Waals surface area contributed by atoms with Crippen LogP contribution in [0.5, 0.6) is 0 Å². The Bertz CT molecular complexity index is 352. The molecule has 0 radical (unpaired) electrons. The highest BCUT2D eigenvalue weighted by Crippen LogP contribution is 2.38. The van der Waals surface area contributed by atoms with Gasteiger partial charge in [-0.3, -0.25) is 4.57 Å². The number of phosphoric acid groups is 1.